The summed E-state index contributed by atoms with van der Waals surface area (Å²) in [4.78, 5) is 4.65. The minimum Gasteiger partial charge on any atom is -0.489 e. The molecule has 31 heavy (non-hydrogen) atoms. The molecule has 0 aliphatic carbocycles. The van der Waals surface area contributed by atoms with E-state index in [0.717, 1.165) is 62.3 Å². The fourth-order valence-electron chi connectivity index (χ4n) is 3.53. The fourth-order valence-corrected chi connectivity index (χ4v) is 3.65. The Labute approximate surface area is 207 Å². The minimum atomic E-state index is -0.0342. The molecule has 1 aromatic heterocycles. The lowest BCUT2D eigenvalue weighted by Crippen LogP contribution is -2.38. The molecule has 0 radical (unpaired) electrons. The number of aromatic nitrogens is 3. The van der Waals surface area contributed by atoms with Crippen LogP contribution in [0.25, 0.3) is 0 Å². The third kappa shape index (κ3) is 8.48. The number of fused-ring (bicyclic) bond motifs is 1. The number of guanidine groups is 1. The Morgan fingerprint density at radius 1 is 1.19 bits per heavy atom. The number of aliphatic imine (C=N–C) groups is 1. The van der Waals surface area contributed by atoms with E-state index < -0.39 is 0 Å². The molecule has 1 aliphatic rings. The lowest BCUT2D eigenvalue weighted by molar-refractivity contribution is 0.230. The molecule has 0 fully saturated rings. The van der Waals surface area contributed by atoms with Crippen molar-refractivity contribution in [2.24, 2.45) is 4.99 Å². The topological polar surface area (TPSA) is 76.4 Å². The van der Waals surface area contributed by atoms with Gasteiger partial charge in [0.05, 0.1) is 6.54 Å². The van der Waals surface area contributed by atoms with Crippen LogP contribution in [-0.2, 0) is 19.4 Å². The number of ether oxygens (including phenoxy) is 1. The summed E-state index contributed by atoms with van der Waals surface area (Å²) in [6, 6.07) is 7.40. The van der Waals surface area contributed by atoms with Crippen LogP contribution < -0.4 is 15.4 Å². The van der Waals surface area contributed by atoms with Crippen molar-refractivity contribution in [2.45, 2.75) is 65.0 Å². The molecule has 3 rings (SSSR count). The highest BCUT2D eigenvalue weighted by Gasteiger charge is 2.14. The maximum Gasteiger partial charge on any atom is 0.191 e. The Morgan fingerprint density at radius 2 is 2.00 bits per heavy atom. The highest BCUT2D eigenvalue weighted by atomic mass is 127. The number of halogens is 2. The van der Waals surface area contributed by atoms with Gasteiger partial charge in [0.1, 0.15) is 23.5 Å². The first-order valence-electron chi connectivity index (χ1n) is 11.0. The van der Waals surface area contributed by atoms with Gasteiger partial charge in [-0.3, -0.25) is 0 Å². The molecule has 1 unspecified atom stereocenters. The van der Waals surface area contributed by atoms with Gasteiger partial charge in [-0.05, 0) is 57.4 Å². The van der Waals surface area contributed by atoms with Gasteiger partial charge in [0.25, 0.3) is 0 Å². The molecule has 7 nitrogen and oxygen atoms in total. The Bertz CT molecular complexity index is 811. The van der Waals surface area contributed by atoms with Crippen molar-refractivity contribution in [3.63, 3.8) is 0 Å². The second-order valence-electron chi connectivity index (χ2n) is 7.63. The molecule has 0 amide bonds. The van der Waals surface area contributed by atoms with Crippen molar-refractivity contribution in [2.75, 3.05) is 19.6 Å². The van der Waals surface area contributed by atoms with Crippen LogP contribution in [0.3, 0.4) is 0 Å². The predicted octanol–water partition coefficient (Wildman–Crippen LogP) is 4.23. The van der Waals surface area contributed by atoms with Crippen LogP contribution in [0.15, 0.2) is 29.3 Å². The summed E-state index contributed by atoms with van der Waals surface area (Å²) < 4.78 is 8.22. The van der Waals surface area contributed by atoms with E-state index in [2.05, 4.69) is 37.3 Å². The first-order valence-corrected chi connectivity index (χ1v) is 11.4. The second-order valence-corrected chi connectivity index (χ2v) is 8.06. The summed E-state index contributed by atoms with van der Waals surface area (Å²) in [6.45, 7) is 7.35. The van der Waals surface area contributed by atoms with Gasteiger partial charge < -0.3 is 19.9 Å². The maximum atomic E-state index is 5.92. The Hall–Kier alpha value is -1.55. The first-order chi connectivity index (χ1) is 14.7. The van der Waals surface area contributed by atoms with Crippen molar-refractivity contribution in [1.29, 1.82) is 0 Å². The van der Waals surface area contributed by atoms with Crippen molar-refractivity contribution in [3.05, 3.63) is 40.9 Å². The number of nitrogens with one attached hydrogen (secondary N) is 2. The maximum absolute atomic E-state index is 5.92. The van der Waals surface area contributed by atoms with E-state index in [1.54, 1.807) is 0 Å². The second kappa shape index (κ2) is 13.8. The van der Waals surface area contributed by atoms with Crippen LogP contribution in [-0.4, -0.2) is 46.5 Å². The number of nitrogens with zero attached hydrogens (tertiary/aromatic N) is 4. The van der Waals surface area contributed by atoms with E-state index in [9.17, 15) is 0 Å². The fraction of sp³-hybridized carbons (Fsp3) is 0.591. The van der Waals surface area contributed by atoms with E-state index in [-0.39, 0.29) is 30.1 Å². The number of aryl methyl sites for hydroxylation is 2. The lowest BCUT2D eigenvalue weighted by atomic mass is 10.2. The van der Waals surface area contributed by atoms with E-state index in [1.165, 1.54) is 19.3 Å². The molecule has 2 aromatic rings. The number of hydrogen-bond donors (Lipinski definition) is 2. The highest BCUT2D eigenvalue weighted by Crippen LogP contribution is 2.17. The van der Waals surface area contributed by atoms with E-state index >= 15 is 0 Å². The van der Waals surface area contributed by atoms with E-state index in [1.807, 2.05) is 31.2 Å². The summed E-state index contributed by atoms with van der Waals surface area (Å²) >= 11 is 5.92. The van der Waals surface area contributed by atoms with E-state index in [4.69, 9.17) is 16.3 Å². The molecule has 1 aliphatic heterocycles. The van der Waals surface area contributed by atoms with Gasteiger partial charge in [0, 0.05) is 37.5 Å². The molecule has 1 aromatic carbocycles. The molecular weight excluding hydrogens is 527 g/mol. The minimum absolute atomic E-state index is 0. The van der Waals surface area contributed by atoms with Gasteiger partial charge in [-0.2, -0.15) is 0 Å². The molecule has 0 bridgehead atoms. The zero-order valence-corrected chi connectivity index (χ0v) is 21.5. The van der Waals surface area contributed by atoms with Gasteiger partial charge >= 0.3 is 0 Å². The Balaban J connectivity index is 0.00000341. The molecular formula is C22H34ClIN6O. The molecule has 9 heteroatoms. The highest BCUT2D eigenvalue weighted by molar-refractivity contribution is 14.0. The van der Waals surface area contributed by atoms with Crippen molar-refractivity contribution in [1.82, 2.24) is 25.4 Å². The van der Waals surface area contributed by atoms with E-state index in [0.29, 0.717) is 11.6 Å². The Morgan fingerprint density at radius 3 is 2.77 bits per heavy atom. The van der Waals surface area contributed by atoms with Crippen LogP contribution in [0, 0.1) is 0 Å². The first kappa shape index (κ1) is 25.7. The number of benzene rings is 1. The van der Waals surface area contributed by atoms with Crippen LogP contribution in [0.4, 0.5) is 0 Å². The summed E-state index contributed by atoms with van der Waals surface area (Å²) in [5.74, 6) is 3.87. The van der Waals surface area contributed by atoms with Crippen LogP contribution in [0.1, 0.15) is 51.2 Å². The van der Waals surface area contributed by atoms with Gasteiger partial charge in [-0.1, -0.05) is 18.0 Å². The average Bonchev–Trinajstić information content (AvgIpc) is 2.97. The van der Waals surface area contributed by atoms with Gasteiger partial charge in [0.15, 0.2) is 5.96 Å². The van der Waals surface area contributed by atoms with Gasteiger partial charge in [0.2, 0.25) is 0 Å². The third-order valence-electron chi connectivity index (χ3n) is 5.06. The van der Waals surface area contributed by atoms with Crippen LogP contribution >= 0.6 is 35.6 Å². The largest absolute Gasteiger partial charge is 0.489 e. The molecule has 1 atom stereocenters. The lowest BCUT2D eigenvalue weighted by Gasteiger charge is -2.15. The number of hydrogen-bond acceptors (Lipinski definition) is 4. The van der Waals surface area contributed by atoms with Gasteiger partial charge in [-0.25, -0.2) is 4.99 Å². The summed E-state index contributed by atoms with van der Waals surface area (Å²) in [5, 5.41) is 16.2. The predicted molar refractivity (Wildman–Crippen MR) is 137 cm³/mol. The SMILES string of the molecule is CCNC(=NCC(C)Oc1ccc(Cl)cc1)NCCCc1nnc2n1CCCCC2.I. The zero-order valence-electron chi connectivity index (χ0n) is 18.4. The molecule has 0 saturated heterocycles. The van der Waals surface area contributed by atoms with Crippen LogP contribution in [0.5, 0.6) is 5.75 Å². The molecule has 2 heterocycles. The average molecular weight is 561 g/mol. The van der Waals surface area contributed by atoms with Crippen molar-refractivity contribution in [3.8, 4) is 5.75 Å². The summed E-state index contributed by atoms with van der Waals surface area (Å²) in [6.07, 6.45) is 6.67. The monoisotopic (exact) mass is 560 g/mol. The zero-order chi connectivity index (χ0) is 21.2. The standard InChI is InChI=1S/C22H33ClN6O.HI/c1-3-24-22(26-16-17(2)30-19-12-10-18(23)11-13-19)25-14-7-9-21-28-27-20-8-5-4-6-15-29(20)21;/h10-13,17H,3-9,14-16H2,1-2H3,(H2,24,25,26);1H. The normalized spacial score (nSPS) is 14.7. The number of rotatable bonds is 9. The van der Waals surface area contributed by atoms with Crippen LogP contribution in [0.2, 0.25) is 5.02 Å². The molecule has 172 valence electrons. The molecule has 0 saturated carbocycles. The van der Waals surface area contributed by atoms with Gasteiger partial charge in [-0.15, -0.1) is 34.2 Å². The molecule has 0 spiro atoms. The summed E-state index contributed by atoms with van der Waals surface area (Å²) in [5.41, 5.74) is 0. The Kier molecular flexibility index (Phi) is 11.4. The van der Waals surface area contributed by atoms with Crippen molar-refractivity contribution >= 4 is 41.5 Å². The summed E-state index contributed by atoms with van der Waals surface area (Å²) in [7, 11) is 0. The molecule has 2 N–H and O–H groups in total. The third-order valence-corrected chi connectivity index (χ3v) is 5.31. The van der Waals surface area contributed by atoms with Crippen molar-refractivity contribution < 1.29 is 4.74 Å². The smallest absolute Gasteiger partial charge is 0.191 e. The quantitative estimate of drug-likeness (QED) is 0.208.